The van der Waals surface area contributed by atoms with Crippen LogP contribution in [0.3, 0.4) is 0 Å². The molecule has 0 bridgehead atoms. The molecule has 0 saturated heterocycles. The van der Waals surface area contributed by atoms with Gasteiger partial charge in [0.2, 0.25) is 0 Å². The maximum absolute atomic E-state index is 13.4. The summed E-state index contributed by atoms with van der Waals surface area (Å²) >= 11 is 3.30. The lowest BCUT2D eigenvalue weighted by atomic mass is 10.2. The molecule has 0 saturated carbocycles. The van der Waals surface area contributed by atoms with Gasteiger partial charge in [0.25, 0.3) is 0 Å². The van der Waals surface area contributed by atoms with Crippen molar-refractivity contribution < 1.29 is 9.18 Å². The summed E-state index contributed by atoms with van der Waals surface area (Å²) in [6, 6.07) is 6.51. The van der Waals surface area contributed by atoms with E-state index in [1.165, 1.54) is 6.07 Å². The second-order valence-corrected chi connectivity index (χ2v) is 4.39. The van der Waals surface area contributed by atoms with Gasteiger partial charge in [0.15, 0.2) is 6.29 Å². The minimum absolute atomic E-state index is 0.246. The van der Waals surface area contributed by atoms with Crippen molar-refractivity contribution in [2.45, 2.75) is 6.54 Å². The van der Waals surface area contributed by atoms with E-state index in [0.29, 0.717) is 17.7 Å². The standard InChI is InChI=1S/C12H9BrFNO/c13-11-1-2-12(14)10(5-11)7-15-4-3-9(6-15)8-16/h1-6,8H,7H2. The van der Waals surface area contributed by atoms with E-state index < -0.39 is 0 Å². The Morgan fingerprint density at radius 2 is 2.19 bits per heavy atom. The molecule has 0 N–H and O–H groups in total. The highest BCUT2D eigenvalue weighted by molar-refractivity contribution is 9.10. The van der Waals surface area contributed by atoms with Gasteiger partial charge < -0.3 is 4.57 Å². The largest absolute Gasteiger partial charge is 0.349 e. The molecule has 0 fully saturated rings. The molecule has 16 heavy (non-hydrogen) atoms. The molecule has 4 heteroatoms. The second kappa shape index (κ2) is 4.61. The van der Waals surface area contributed by atoms with E-state index in [1.807, 2.05) is 0 Å². The van der Waals surface area contributed by atoms with Crippen molar-refractivity contribution in [3.63, 3.8) is 0 Å². The van der Waals surface area contributed by atoms with Gasteiger partial charge >= 0.3 is 0 Å². The van der Waals surface area contributed by atoms with Crippen molar-refractivity contribution in [1.29, 1.82) is 0 Å². The Hall–Kier alpha value is -1.42. The fourth-order valence-electron chi connectivity index (χ4n) is 1.49. The average Bonchev–Trinajstić information content (AvgIpc) is 2.71. The Labute approximate surface area is 101 Å². The fourth-order valence-corrected chi connectivity index (χ4v) is 1.90. The Bertz CT molecular complexity index is 521. The molecule has 0 aliphatic rings. The SMILES string of the molecule is O=Cc1ccn(Cc2cc(Br)ccc2F)c1. The maximum atomic E-state index is 13.4. The summed E-state index contributed by atoms with van der Waals surface area (Å²) in [7, 11) is 0. The van der Waals surface area contributed by atoms with E-state index in [9.17, 15) is 9.18 Å². The molecule has 0 aliphatic carbocycles. The van der Waals surface area contributed by atoms with Gasteiger partial charge in [0.1, 0.15) is 5.82 Å². The predicted octanol–water partition coefficient (Wildman–Crippen LogP) is 3.25. The Kier molecular flexibility index (Phi) is 3.19. The Morgan fingerprint density at radius 1 is 1.38 bits per heavy atom. The summed E-state index contributed by atoms with van der Waals surface area (Å²) in [5.74, 6) is -0.246. The monoisotopic (exact) mass is 281 g/mol. The summed E-state index contributed by atoms with van der Waals surface area (Å²) < 4.78 is 16.1. The molecule has 0 amide bonds. The quantitative estimate of drug-likeness (QED) is 0.792. The Morgan fingerprint density at radius 3 is 2.88 bits per heavy atom. The summed E-state index contributed by atoms with van der Waals surface area (Å²) in [5, 5.41) is 0. The van der Waals surface area contributed by atoms with Crippen molar-refractivity contribution in [3.05, 3.63) is 58.1 Å². The smallest absolute Gasteiger partial charge is 0.151 e. The zero-order chi connectivity index (χ0) is 11.5. The van der Waals surface area contributed by atoms with Gasteiger partial charge in [-0.3, -0.25) is 4.79 Å². The van der Waals surface area contributed by atoms with Gasteiger partial charge in [-0.05, 0) is 24.3 Å². The third-order valence-corrected chi connectivity index (χ3v) is 2.76. The van der Waals surface area contributed by atoms with Crippen LogP contribution in [0.2, 0.25) is 0 Å². The zero-order valence-corrected chi connectivity index (χ0v) is 9.95. The van der Waals surface area contributed by atoms with Crippen molar-refractivity contribution in [3.8, 4) is 0 Å². The number of halogens is 2. The summed E-state index contributed by atoms with van der Waals surface area (Å²) in [6.45, 7) is 0.416. The van der Waals surface area contributed by atoms with Gasteiger partial charge in [0, 0.05) is 34.5 Å². The molecule has 1 aromatic carbocycles. The van der Waals surface area contributed by atoms with Crippen LogP contribution in [0.4, 0.5) is 4.39 Å². The molecule has 1 aromatic heterocycles. The molecule has 2 rings (SSSR count). The first kappa shape index (κ1) is 11.1. The van der Waals surface area contributed by atoms with Crippen LogP contribution in [-0.4, -0.2) is 10.9 Å². The molecule has 1 heterocycles. The molecule has 2 aromatic rings. The van der Waals surface area contributed by atoms with Crippen LogP contribution in [0, 0.1) is 5.82 Å². The lowest BCUT2D eigenvalue weighted by molar-refractivity contribution is 0.112. The third-order valence-electron chi connectivity index (χ3n) is 2.27. The number of hydrogen-bond donors (Lipinski definition) is 0. The van der Waals surface area contributed by atoms with Crippen molar-refractivity contribution in [2.24, 2.45) is 0 Å². The molecule has 0 atom stereocenters. The highest BCUT2D eigenvalue weighted by atomic mass is 79.9. The topological polar surface area (TPSA) is 22.0 Å². The summed E-state index contributed by atoms with van der Waals surface area (Å²) in [4.78, 5) is 10.5. The molecule has 0 spiro atoms. The van der Waals surface area contributed by atoms with Crippen LogP contribution < -0.4 is 0 Å². The highest BCUT2D eigenvalue weighted by Crippen LogP contribution is 2.16. The number of hydrogen-bond acceptors (Lipinski definition) is 1. The van der Waals surface area contributed by atoms with Gasteiger partial charge in [-0.2, -0.15) is 0 Å². The number of carbonyl (C=O) groups excluding carboxylic acids is 1. The van der Waals surface area contributed by atoms with E-state index in [-0.39, 0.29) is 5.82 Å². The van der Waals surface area contributed by atoms with E-state index >= 15 is 0 Å². The van der Waals surface area contributed by atoms with Crippen LogP contribution in [-0.2, 0) is 6.54 Å². The zero-order valence-electron chi connectivity index (χ0n) is 8.36. The van der Waals surface area contributed by atoms with Crippen molar-refractivity contribution in [2.75, 3.05) is 0 Å². The van der Waals surface area contributed by atoms with Gasteiger partial charge in [0.05, 0.1) is 0 Å². The van der Waals surface area contributed by atoms with E-state index in [4.69, 9.17) is 0 Å². The number of benzene rings is 1. The molecule has 0 unspecified atom stereocenters. The molecule has 2 nitrogen and oxygen atoms in total. The van der Waals surface area contributed by atoms with Gasteiger partial charge in [-0.15, -0.1) is 0 Å². The normalized spacial score (nSPS) is 10.4. The summed E-state index contributed by atoms with van der Waals surface area (Å²) in [6.07, 6.45) is 4.21. The number of carbonyl (C=O) groups is 1. The van der Waals surface area contributed by atoms with Crippen LogP contribution >= 0.6 is 15.9 Å². The van der Waals surface area contributed by atoms with Crippen LogP contribution in [0.25, 0.3) is 0 Å². The van der Waals surface area contributed by atoms with E-state index in [2.05, 4.69) is 15.9 Å². The Balaban J connectivity index is 2.26. The van der Waals surface area contributed by atoms with Gasteiger partial charge in [-0.1, -0.05) is 15.9 Å². The molecule has 82 valence electrons. The second-order valence-electron chi connectivity index (χ2n) is 3.47. The lowest BCUT2D eigenvalue weighted by Gasteiger charge is -2.05. The first-order valence-corrected chi connectivity index (χ1v) is 5.53. The molecule has 0 radical (unpaired) electrons. The number of aldehydes is 1. The lowest BCUT2D eigenvalue weighted by Crippen LogP contribution is -1.99. The average molecular weight is 282 g/mol. The van der Waals surface area contributed by atoms with Crippen LogP contribution in [0.1, 0.15) is 15.9 Å². The highest BCUT2D eigenvalue weighted by Gasteiger charge is 2.04. The molecular weight excluding hydrogens is 273 g/mol. The van der Waals surface area contributed by atoms with E-state index in [0.717, 1.165) is 10.8 Å². The van der Waals surface area contributed by atoms with Crippen molar-refractivity contribution in [1.82, 2.24) is 4.57 Å². The predicted molar refractivity (Wildman–Crippen MR) is 63.0 cm³/mol. The van der Waals surface area contributed by atoms with E-state index in [1.54, 1.807) is 35.2 Å². The minimum Gasteiger partial charge on any atom is -0.349 e. The fraction of sp³-hybridized carbons (Fsp3) is 0.0833. The number of nitrogens with zero attached hydrogens (tertiary/aromatic N) is 1. The molecule has 0 aliphatic heterocycles. The minimum atomic E-state index is -0.246. The molecular formula is C12H9BrFNO. The number of rotatable bonds is 3. The van der Waals surface area contributed by atoms with Crippen LogP contribution in [0.5, 0.6) is 0 Å². The summed E-state index contributed by atoms with van der Waals surface area (Å²) in [5.41, 5.74) is 1.18. The van der Waals surface area contributed by atoms with Crippen molar-refractivity contribution >= 4 is 22.2 Å². The van der Waals surface area contributed by atoms with Crippen LogP contribution in [0.15, 0.2) is 41.1 Å². The van der Waals surface area contributed by atoms with Gasteiger partial charge in [-0.25, -0.2) is 4.39 Å². The number of aromatic nitrogens is 1. The maximum Gasteiger partial charge on any atom is 0.151 e. The first-order chi connectivity index (χ1) is 7.69. The third kappa shape index (κ3) is 2.39. The first-order valence-electron chi connectivity index (χ1n) is 4.74.